The van der Waals surface area contributed by atoms with E-state index in [4.69, 9.17) is 11.6 Å². The fraction of sp³-hybridized carbons (Fsp3) is 0.591. The summed E-state index contributed by atoms with van der Waals surface area (Å²) in [5.74, 6) is 1.47. The normalized spacial score (nSPS) is 20.2. The van der Waals surface area contributed by atoms with Crippen molar-refractivity contribution in [3.63, 3.8) is 0 Å². The van der Waals surface area contributed by atoms with Gasteiger partial charge in [0.25, 0.3) is 0 Å². The minimum absolute atomic E-state index is 0.197. The highest BCUT2D eigenvalue weighted by Crippen LogP contribution is 2.37. The molecule has 2 fully saturated rings. The zero-order valence-electron chi connectivity index (χ0n) is 15.8. The molecule has 1 amide bonds. The summed E-state index contributed by atoms with van der Waals surface area (Å²) < 4.78 is 0. The van der Waals surface area contributed by atoms with E-state index in [9.17, 15) is 4.79 Å². The Hall–Kier alpha value is -1.48. The summed E-state index contributed by atoms with van der Waals surface area (Å²) in [6.45, 7) is 7.77. The third kappa shape index (κ3) is 5.03. The molecule has 1 aliphatic heterocycles. The summed E-state index contributed by atoms with van der Waals surface area (Å²) in [5.41, 5.74) is 2.40. The topological polar surface area (TPSA) is 32.3 Å². The number of hydrogen-bond donors (Lipinski definition) is 1. The van der Waals surface area contributed by atoms with Gasteiger partial charge in [0.15, 0.2) is 0 Å². The maximum Gasteiger partial charge on any atom is 0.219 e. The van der Waals surface area contributed by atoms with Gasteiger partial charge in [0.2, 0.25) is 5.91 Å². The first-order valence-electron chi connectivity index (χ1n) is 9.98. The lowest BCUT2D eigenvalue weighted by Gasteiger charge is -2.33. The molecule has 0 bridgehead atoms. The number of nitrogens with zero attached hydrogens (tertiary/aromatic N) is 1. The molecule has 1 N–H and O–H groups in total. The van der Waals surface area contributed by atoms with E-state index in [1.54, 1.807) is 6.92 Å². The quantitative estimate of drug-likeness (QED) is 0.730. The van der Waals surface area contributed by atoms with Gasteiger partial charge in [-0.3, -0.25) is 4.79 Å². The molecule has 2 aliphatic rings. The van der Waals surface area contributed by atoms with E-state index < -0.39 is 0 Å². The first-order valence-corrected chi connectivity index (χ1v) is 10.4. The standard InChI is InChI=1S/C22H31ClN2O/c1-16(14-18-10-12-25(13-11-18)17(2)26)24-22(19-6-3-4-7-19)20-8-5-9-21(23)15-20/h5,8-9,15,18-19,22,24H,1,3-4,6-7,10-14H2,2H3. The Balaban J connectivity index is 1.60. The van der Waals surface area contributed by atoms with Gasteiger partial charge in [0.1, 0.15) is 0 Å². The van der Waals surface area contributed by atoms with Gasteiger partial charge in [-0.05, 0) is 61.6 Å². The number of rotatable bonds is 6. The van der Waals surface area contributed by atoms with Crippen LogP contribution >= 0.6 is 11.6 Å². The number of benzene rings is 1. The second-order valence-electron chi connectivity index (χ2n) is 7.98. The first kappa shape index (κ1) is 19.3. The van der Waals surface area contributed by atoms with E-state index in [0.29, 0.717) is 17.9 Å². The van der Waals surface area contributed by atoms with Gasteiger partial charge in [-0.2, -0.15) is 0 Å². The van der Waals surface area contributed by atoms with Crippen molar-refractivity contribution < 1.29 is 4.79 Å². The number of hydrogen-bond acceptors (Lipinski definition) is 2. The molecule has 1 atom stereocenters. The smallest absolute Gasteiger partial charge is 0.219 e. The number of likely N-dealkylation sites (tertiary alicyclic amines) is 1. The predicted molar refractivity (Wildman–Crippen MR) is 108 cm³/mol. The molecule has 1 aromatic rings. The zero-order chi connectivity index (χ0) is 18.5. The van der Waals surface area contributed by atoms with Crippen LogP contribution in [0.3, 0.4) is 0 Å². The van der Waals surface area contributed by atoms with Gasteiger partial charge in [0, 0.05) is 30.7 Å². The SMILES string of the molecule is C=C(CC1CCN(C(C)=O)CC1)NC(c1cccc(Cl)c1)C1CCCC1. The second-order valence-corrected chi connectivity index (χ2v) is 8.42. The minimum Gasteiger partial charge on any atom is -0.382 e. The first-order chi connectivity index (χ1) is 12.5. The number of amides is 1. The number of allylic oxidation sites excluding steroid dienone is 1. The highest BCUT2D eigenvalue weighted by atomic mass is 35.5. The molecule has 1 saturated carbocycles. The Morgan fingerprint density at radius 1 is 1.27 bits per heavy atom. The molecule has 142 valence electrons. The highest BCUT2D eigenvalue weighted by Gasteiger charge is 2.28. The molecule has 1 heterocycles. The lowest BCUT2D eigenvalue weighted by molar-refractivity contribution is -0.130. The lowest BCUT2D eigenvalue weighted by atomic mass is 9.89. The lowest BCUT2D eigenvalue weighted by Crippen LogP contribution is -2.37. The fourth-order valence-corrected chi connectivity index (χ4v) is 4.74. The monoisotopic (exact) mass is 374 g/mol. The van der Waals surface area contributed by atoms with Crippen LogP contribution in [-0.2, 0) is 4.79 Å². The van der Waals surface area contributed by atoms with Crippen LogP contribution in [0.1, 0.15) is 63.5 Å². The van der Waals surface area contributed by atoms with Crippen LogP contribution in [0.5, 0.6) is 0 Å². The van der Waals surface area contributed by atoms with Crippen LogP contribution < -0.4 is 5.32 Å². The minimum atomic E-state index is 0.197. The number of carbonyl (C=O) groups excluding carboxylic acids is 1. The van der Waals surface area contributed by atoms with Crippen molar-refractivity contribution in [2.75, 3.05) is 13.1 Å². The molecule has 4 heteroatoms. The molecule has 0 radical (unpaired) electrons. The molecule has 1 aliphatic carbocycles. The van der Waals surface area contributed by atoms with Gasteiger partial charge in [-0.25, -0.2) is 0 Å². The predicted octanol–water partition coefficient (Wildman–Crippen LogP) is 5.32. The number of carbonyl (C=O) groups is 1. The molecule has 3 rings (SSSR count). The van der Waals surface area contributed by atoms with Gasteiger partial charge < -0.3 is 10.2 Å². The van der Waals surface area contributed by atoms with Crippen molar-refractivity contribution >= 4 is 17.5 Å². The summed E-state index contributed by atoms with van der Waals surface area (Å²) in [6.07, 6.45) is 8.33. The van der Waals surface area contributed by atoms with Crippen molar-refractivity contribution in [2.45, 2.75) is 57.9 Å². The van der Waals surface area contributed by atoms with E-state index in [-0.39, 0.29) is 5.91 Å². The summed E-state index contributed by atoms with van der Waals surface area (Å²) >= 11 is 6.24. The van der Waals surface area contributed by atoms with E-state index in [0.717, 1.165) is 43.1 Å². The van der Waals surface area contributed by atoms with Crippen molar-refractivity contribution in [1.29, 1.82) is 0 Å². The Kier molecular flexibility index (Phi) is 6.63. The third-order valence-corrected chi connectivity index (χ3v) is 6.27. The highest BCUT2D eigenvalue weighted by molar-refractivity contribution is 6.30. The van der Waals surface area contributed by atoms with Gasteiger partial charge >= 0.3 is 0 Å². The zero-order valence-corrected chi connectivity index (χ0v) is 16.6. The fourth-order valence-electron chi connectivity index (χ4n) is 4.54. The molecule has 1 aromatic carbocycles. The second kappa shape index (κ2) is 8.94. The van der Waals surface area contributed by atoms with Crippen molar-refractivity contribution in [2.24, 2.45) is 11.8 Å². The van der Waals surface area contributed by atoms with Crippen LogP contribution in [0.15, 0.2) is 36.5 Å². The van der Waals surface area contributed by atoms with Crippen molar-refractivity contribution in [3.8, 4) is 0 Å². The van der Waals surface area contributed by atoms with Crippen molar-refractivity contribution in [1.82, 2.24) is 10.2 Å². The average Bonchev–Trinajstić information content (AvgIpc) is 3.14. The van der Waals surface area contributed by atoms with Crippen LogP contribution in [0, 0.1) is 11.8 Å². The molecule has 1 unspecified atom stereocenters. The molecule has 0 spiro atoms. The molecule has 26 heavy (non-hydrogen) atoms. The summed E-state index contributed by atoms with van der Waals surface area (Å²) in [4.78, 5) is 13.4. The van der Waals surface area contributed by atoms with E-state index in [1.807, 2.05) is 17.0 Å². The van der Waals surface area contributed by atoms with Crippen LogP contribution in [0.4, 0.5) is 0 Å². The Labute approximate surface area is 162 Å². The molecular formula is C22H31ClN2O. The maximum atomic E-state index is 11.5. The molecular weight excluding hydrogens is 344 g/mol. The van der Waals surface area contributed by atoms with E-state index >= 15 is 0 Å². The third-order valence-electron chi connectivity index (χ3n) is 6.03. The Bertz CT molecular complexity index is 631. The van der Waals surface area contributed by atoms with E-state index in [2.05, 4.69) is 24.0 Å². The average molecular weight is 375 g/mol. The summed E-state index contributed by atoms with van der Waals surface area (Å²) in [5, 5.41) is 4.55. The number of piperidine rings is 1. The van der Waals surface area contributed by atoms with Gasteiger partial charge in [0.05, 0.1) is 6.04 Å². The van der Waals surface area contributed by atoms with Crippen LogP contribution in [0.25, 0.3) is 0 Å². The summed E-state index contributed by atoms with van der Waals surface area (Å²) in [6, 6.07) is 8.56. The maximum absolute atomic E-state index is 11.5. The van der Waals surface area contributed by atoms with Crippen LogP contribution in [0.2, 0.25) is 5.02 Å². The van der Waals surface area contributed by atoms with Gasteiger partial charge in [-0.15, -0.1) is 0 Å². The van der Waals surface area contributed by atoms with Crippen molar-refractivity contribution in [3.05, 3.63) is 47.1 Å². The van der Waals surface area contributed by atoms with Crippen LogP contribution in [-0.4, -0.2) is 23.9 Å². The Morgan fingerprint density at radius 2 is 1.96 bits per heavy atom. The Morgan fingerprint density at radius 3 is 2.58 bits per heavy atom. The van der Waals surface area contributed by atoms with E-state index in [1.165, 1.54) is 31.2 Å². The molecule has 0 aromatic heterocycles. The van der Waals surface area contributed by atoms with Gasteiger partial charge in [-0.1, -0.05) is 43.2 Å². The number of nitrogens with one attached hydrogen (secondary N) is 1. The molecule has 3 nitrogen and oxygen atoms in total. The largest absolute Gasteiger partial charge is 0.382 e. The number of halogens is 1. The molecule has 1 saturated heterocycles. The summed E-state index contributed by atoms with van der Waals surface area (Å²) in [7, 11) is 0.